The number of carbonyl (C=O) groups excluding carboxylic acids is 1. The fourth-order valence-corrected chi connectivity index (χ4v) is 5.52. The highest BCUT2D eigenvalue weighted by Gasteiger charge is 2.41. The number of nitrogens with zero attached hydrogens (tertiary/aromatic N) is 1. The number of fused-ring (bicyclic) bond motifs is 1. The van der Waals surface area contributed by atoms with Crippen molar-refractivity contribution in [1.82, 2.24) is 4.90 Å². The van der Waals surface area contributed by atoms with Crippen molar-refractivity contribution in [2.24, 2.45) is 0 Å². The minimum absolute atomic E-state index is 0.0963. The van der Waals surface area contributed by atoms with E-state index in [2.05, 4.69) is 73.5 Å². The second-order valence-corrected chi connectivity index (χ2v) is 11.8. The summed E-state index contributed by atoms with van der Waals surface area (Å²) in [5.74, 6) is 0.536. The van der Waals surface area contributed by atoms with Gasteiger partial charge in [0.25, 0.3) is 0 Å². The van der Waals surface area contributed by atoms with Crippen molar-refractivity contribution >= 4 is 17.7 Å². The molecule has 0 saturated carbocycles. The van der Waals surface area contributed by atoms with E-state index < -0.39 is 0 Å². The zero-order valence-corrected chi connectivity index (χ0v) is 19.0. The van der Waals surface area contributed by atoms with E-state index >= 15 is 0 Å². The molecule has 0 aliphatic carbocycles. The largest absolute Gasteiger partial charge is 0.426 e. The number of esters is 1. The number of rotatable bonds is 3. The molecule has 0 aromatic heterocycles. The van der Waals surface area contributed by atoms with Crippen LogP contribution in [-0.4, -0.2) is 36.3 Å². The van der Waals surface area contributed by atoms with Gasteiger partial charge < -0.3 is 9.64 Å². The Morgan fingerprint density at radius 2 is 1.77 bits per heavy atom. The summed E-state index contributed by atoms with van der Waals surface area (Å²) in [6.07, 6.45) is 0.996. The molecule has 0 amide bonds. The van der Waals surface area contributed by atoms with Gasteiger partial charge in [0.2, 0.25) is 0 Å². The van der Waals surface area contributed by atoms with E-state index in [0.29, 0.717) is 0 Å². The highest BCUT2D eigenvalue weighted by Crippen LogP contribution is 2.53. The smallest absolute Gasteiger partial charge is 0.308 e. The maximum atomic E-state index is 11.9. The molecule has 0 saturated heterocycles. The molecule has 1 unspecified atom stereocenters. The van der Waals surface area contributed by atoms with Gasteiger partial charge >= 0.3 is 5.97 Å². The van der Waals surface area contributed by atoms with Crippen LogP contribution in [0.4, 0.5) is 0 Å². The quantitative estimate of drug-likeness (QED) is 0.536. The lowest BCUT2D eigenvalue weighted by Gasteiger charge is -2.31. The first kappa shape index (κ1) is 21.3. The Morgan fingerprint density at radius 1 is 1.19 bits per heavy atom. The van der Waals surface area contributed by atoms with Crippen molar-refractivity contribution in [2.75, 3.05) is 20.6 Å². The molecule has 0 N–H and O–H groups in total. The fourth-order valence-electron chi connectivity index (χ4n) is 3.98. The number of thioether (sulfide) groups is 1. The number of benzene rings is 1. The predicted octanol–water partition coefficient (Wildman–Crippen LogP) is 5.18. The van der Waals surface area contributed by atoms with Gasteiger partial charge in [-0.15, -0.1) is 11.8 Å². The summed E-state index contributed by atoms with van der Waals surface area (Å²) in [5, 5.41) is 0. The molecule has 0 fully saturated rings. The van der Waals surface area contributed by atoms with Gasteiger partial charge in [-0.25, -0.2) is 0 Å². The van der Waals surface area contributed by atoms with Gasteiger partial charge in [0.05, 0.1) is 0 Å². The third-order valence-electron chi connectivity index (χ3n) is 4.71. The van der Waals surface area contributed by atoms with Crippen LogP contribution in [-0.2, 0) is 22.0 Å². The summed E-state index contributed by atoms with van der Waals surface area (Å²) >= 11 is 1.97. The van der Waals surface area contributed by atoms with Crippen LogP contribution in [0.15, 0.2) is 11.0 Å². The molecule has 1 atom stereocenters. The first-order chi connectivity index (χ1) is 11.6. The Bertz CT molecular complexity index is 710. The maximum absolute atomic E-state index is 11.9. The highest BCUT2D eigenvalue weighted by atomic mass is 32.2. The van der Waals surface area contributed by atoms with Crippen molar-refractivity contribution in [3.05, 3.63) is 22.8 Å². The van der Waals surface area contributed by atoms with Crippen LogP contribution in [0.3, 0.4) is 0 Å². The van der Waals surface area contributed by atoms with Crippen molar-refractivity contribution in [3.63, 3.8) is 0 Å². The van der Waals surface area contributed by atoms with E-state index in [1.807, 2.05) is 11.8 Å². The number of ether oxygens (including phenoxy) is 1. The van der Waals surface area contributed by atoms with Crippen LogP contribution >= 0.6 is 11.8 Å². The molecule has 26 heavy (non-hydrogen) atoms. The summed E-state index contributed by atoms with van der Waals surface area (Å²) in [6.45, 7) is 18.1. The van der Waals surface area contributed by atoms with Gasteiger partial charge in [-0.1, -0.05) is 41.5 Å². The van der Waals surface area contributed by atoms with E-state index in [9.17, 15) is 4.79 Å². The zero-order chi connectivity index (χ0) is 20.1. The Morgan fingerprint density at radius 3 is 2.19 bits per heavy atom. The lowest BCUT2D eigenvalue weighted by atomic mass is 9.76. The van der Waals surface area contributed by atoms with Crippen molar-refractivity contribution in [3.8, 4) is 5.75 Å². The van der Waals surface area contributed by atoms with Crippen LogP contribution in [0, 0.1) is 0 Å². The van der Waals surface area contributed by atoms with Crippen molar-refractivity contribution < 1.29 is 9.53 Å². The topological polar surface area (TPSA) is 29.5 Å². The highest BCUT2D eigenvalue weighted by molar-refractivity contribution is 8.01. The fraction of sp³-hybridized carbons (Fsp3) is 0.682. The second kappa shape index (κ2) is 6.87. The molecule has 0 bridgehead atoms. The molecule has 3 nitrogen and oxygen atoms in total. The third kappa shape index (κ3) is 4.45. The van der Waals surface area contributed by atoms with Gasteiger partial charge in [0.15, 0.2) is 0 Å². The Labute approximate surface area is 163 Å². The number of hydrogen-bond acceptors (Lipinski definition) is 4. The van der Waals surface area contributed by atoms with Gasteiger partial charge in [-0.2, -0.15) is 0 Å². The number of carbonyl (C=O) groups is 1. The van der Waals surface area contributed by atoms with Gasteiger partial charge in [0, 0.05) is 34.2 Å². The van der Waals surface area contributed by atoms with Gasteiger partial charge in [-0.3, -0.25) is 4.79 Å². The van der Waals surface area contributed by atoms with Crippen LogP contribution in [0.25, 0.3) is 0 Å². The minimum Gasteiger partial charge on any atom is -0.426 e. The summed E-state index contributed by atoms with van der Waals surface area (Å²) in [4.78, 5) is 15.5. The molecule has 4 heteroatoms. The van der Waals surface area contributed by atoms with E-state index in [4.69, 9.17) is 4.74 Å². The molecular formula is C22H35NO2S. The lowest BCUT2D eigenvalue weighted by Crippen LogP contribution is -2.34. The van der Waals surface area contributed by atoms with E-state index in [0.717, 1.165) is 24.3 Å². The maximum Gasteiger partial charge on any atom is 0.308 e. The van der Waals surface area contributed by atoms with E-state index in [-0.39, 0.29) is 21.5 Å². The average Bonchev–Trinajstić information content (AvgIpc) is 2.68. The van der Waals surface area contributed by atoms with Crippen LogP contribution in [0.2, 0.25) is 0 Å². The average molecular weight is 378 g/mol. The van der Waals surface area contributed by atoms with Gasteiger partial charge in [0.1, 0.15) is 5.75 Å². The summed E-state index contributed by atoms with van der Waals surface area (Å²) in [7, 11) is 4.26. The SMILES string of the molecule is CC(=O)Oc1c(C(C)(C)C)cc2c(c1C(C)(C)C)CC(C)(CN(C)C)S2. The molecule has 1 aliphatic heterocycles. The lowest BCUT2D eigenvalue weighted by molar-refractivity contribution is -0.132. The molecule has 146 valence electrons. The molecule has 0 radical (unpaired) electrons. The first-order valence-electron chi connectivity index (χ1n) is 9.37. The van der Waals surface area contributed by atoms with Crippen LogP contribution < -0.4 is 4.74 Å². The molecule has 0 spiro atoms. The predicted molar refractivity (Wildman–Crippen MR) is 112 cm³/mol. The van der Waals surface area contributed by atoms with Crippen LogP contribution in [0.5, 0.6) is 5.75 Å². The molecule has 1 heterocycles. The summed E-state index contributed by atoms with van der Waals surface area (Å²) in [5.41, 5.74) is 3.49. The van der Waals surface area contributed by atoms with Gasteiger partial charge in [-0.05, 0) is 49.9 Å². The summed E-state index contributed by atoms with van der Waals surface area (Å²) < 4.78 is 5.98. The number of hydrogen-bond donors (Lipinski definition) is 0. The summed E-state index contributed by atoms with van der Waals surface area (Å²) in [6, 6.07) is 2.27. The Kier molecular flexibility index (Phi) is 5.63. The van der Waals surface area contributed by atoms with E-state index in [1.54, 1.807) is 0 Å². The normalized spacial score (nSPS) is 20.4. The van der Waals surface area contributed by atoms with E-state index in [1.165, 1.54) is 22.9 Å². The van der Waals surface area contributed by atoms with Crippen LogP contribution in [0.1, 0.15) is 72.1 Å². The monoisotopic (exact) mass is 377 g/mol. The minimum atomic E-state index is -0.248. The third-order valence-corrected chi connectivity index (χ3v) is 6.06. The molecule has 2 rings (SSSR count). The first-order valence-corrected chi connectivity index (χ1v) is 10.2. The Hall–Kier alpha value is -1.00. The zero-order valence-electron chi connectivity index (χ0n) is 18.2. The molecule has 1 aliphatic rings. The molecule has 1 aromatic rings. The molecule has 1 aromatic carbocycles. The Balaban J connectivity index is 2.76. The molecular weight excluding hydrogens is 342 g/mol. The standard InChI is InChI=1S/C22H35NO2S/c1-14(24)25-19-16(20(2,3)4)11-17-15(18(19)21(5,6)7)12-22(8,26-17)13-23(9)10/h11H,12-13H2,1-10H3. The second-order valence-electron chi connectivity index (χ2n) is 10.2. The van der Waals surface area contributed by atoms with Crippen molar-refractivity contribution in [1.29, 1.82) is 0 Å². The van der Waals surface area contributed by atoms with Crippen molar-refractivity contribution in [2.45, 2.75) is 82.3 Å².